The molecule has 1 N–H and O–H groups in total. The molecule has 3 unspecified atom stereocenters. The van der Waals surface area contributed by atoms with E-state index in [1.807, 2.05) is 12.1 Å². The zero-order valence-corrected chi connectivity index (χ0v) is 12.9. The van der Waals surface area contributed by atoms with Crippen molar-refractivity contribution in [1.82, 2.24) is 5.32 Å². The second-order valence-electron chi connectivity index (χ2n) is 5.94. The smallest absolute Gasteiger partial charge is 0.0406 e. The quantitative estimate of drug-likeness (QED) is 0.812. The standard InChI is InChI=1S/C17H26ClN/c1-3-4-13-5-6-15(12-19-2)17(11-13)14-7-9-16(18)10-8-14/h7-10,13,15,17,19H,3-6,11-12H2,1-2H3. The Morgan fingerprint density at radius 2 is 1.95 bits per heavy atom. The molecule has 106 valence electrons. The van der Waals surface area contributed by atoms with Gasteiger partial charge >= 0.3 is 0 Å². The van der Waals surface area contributed by atoms with Gasteiger partial charge in [0.25, 0.3) is 0 Å². The van der Waals surface area contributed by atoms with Gasteiger partial charge in [0, 0.05) is 5.02 Å². The molecule has 1 aliphatic carbocycles. The maximum atomic E-state index is 6.01. The Bertz CT molecular complexity index is 373. The number of nitrogens with one attached hydrogen (secondary N) is 1. The molecule has 3 atom stereocenters. The predicted octanol–water partition coefficient (Wildman–Crippen LogP) is 4.86. The Hall–Kier alpha value is -0.530. The molecular formula is C17H26ClN. The molecule has 1 nitrogen and oxygen atoms in total. The van der Waals surface area contributed by atoms with E-state index in [-0.39, 0.29) is 0 Å². The Labute approximate surface area is 122 Å². The van der Waals surface area contributed by atoms with Crippen molar-refractivity contribution in [2.24, 2.45) is 11.8 Å². The molecule has 0 saturated heterocycles. The largest absolute Gasteiger partial charge is 0.319 e. The second kappa shape index (κ2) is 7.31. The summed E-state index contributed by atoms with van der Waals surface area (Å²) in [6, 6.07) is 8.53. The zero-order chi connectivity index (χ0) is 13.7. The Morgan fingerprint density at radius 1 is 1.21 bits per heavy atom. The van der Waals surface area contributed by atoms with Gasteiger partial charge in [0.2, 0.25) is 0 Å². The summed E-state index contributed by atoms with van der Waals surface area (Å²) in [5.41, 5.74) is 1.48. The first-order valence-electron chi connectivity index (χ1n) is 7.64. The Balaban J connectivity index is 2.12. The van der Waals surface area contributed by atoms with Gasteiger partial charge in [0.05, 0.1) is 0 Å². The number of hydrogen-bond acceptors (Lipinski definition) is 1. The monoisotopic (exact) mass is 279 g/mol. The van der Waals surface area contributed by atoms with Gasteiger partial charge in [0.1, 0.15) is 0 Å². The summed E-state index contributed by atoms with van der Waals surface area (Å²) < 4.78 is 0. The predicted molar refractivity (Wildman–Crippen MR) is 83.9 cm³/mol. The molecule has 1 aromatic rings. The highest BCUT2D eigenvalue weighted by Gasteiger charge is 2.30. The molecule has 2 heteroatoms. The van der Waals surface area contributed by atoms with Crippen LogP contribution in [-0.4, -0.2) is 13.6 Å². The van der Waals surface area contributed by atoms with Gasteiger partial charge in [-0.05, 0) is 61.9 Å². The number of benzene rings is 1. The van der Waals surface area contributed by atoms with E-state index in [1.54, 1.807) is 0 Å². The highest BCUT2D eigenvalue weighted by atomic mass is 35.5. The minimum Gasteiger partial charge on any atom is -0.319 e. The average Bonchev–Trinajstić information content (AvgIpc) is 2.42. The average molecular weight is 280 g/mol. The van der Waals surface area contributed by atoms with Crippen LogP contribution >= 0.6 is 11.6 Å². The molecule has 1 aromatic carbocycles. The Kier molecular flexibility index (Phi) is 5.72. The van der Waals surface area contributed by atoms with E-state index in [9.17, 15) is 0 Å². The van der Waals surface area contributed by atoms with Crippen molar-refractivity contribution in [2.45, 2.75) is 44.9 Å². The number of halogens is 1. The van der Waals surface area contributed by atoms with Crippen LogP contribution in [0.4, 0.5) is 0 Å². The van der Waals surface area contributed by atoms with Crippen molar-refractivity contribution in [2.75, 3.05) is 13.6 Å². The van der Waals surface area contributed by atoms with Gasteiger partial charge in [-0.1, -0.05) is 49.9 Å². The maximum Gasteiger partial charge on any atom is 0.0406 e. The van der Waals surface area contributed by atoms with Gasteiger partial charge < -0.3 is 5.32 Å². The molecule has 0 aliphatic heterocycles. The van der Waals surface area contributed by atoms with E-state index in [2.05, 4.69) is 31.4 Å². The van der Waals surface area contributed by atoms with Crippen LogP contribution in [0.25, 0.3) is 0 Å². The summed E-state index contributed by atoms with van der Waals surface area (Å²) >= 11 is 6.01. The third kappa shape index (κ3) is 3.97. The van der Waals surface area contributed by atoms with Crippen molar-refractivity contribution in [1.29, 1.82) is 0 Å². The van der Waals surface area contributed by atoms with E-state index >= 15 is 0 Å². The van der Waals surface area contributed by atoms with E-state index in [0.717, 1.165) is 23.4 Å². The molecule has 2 rings (SSSR count). The lowest BCUT2D eigenvalue weighted by molar-refractivity contribution is 0.223. The highest BCUT2D eigenvalue weighted by molar-refractivity contribution is 6.30. The maximum absolute atomic E-state index is 6.01. The highest BCUT2D eigenvalue weighted by Crippen LogP contribution is 2.42. The van der Waals surface area contributed by atoms with Gasteiger partial charge in [0.15, 0.2) is 0 Å². The zero-order valence-electron chi connectivity index (χ0n) is 12.2. The first-order valence-corrected chi connectivity index (χ1v) is 8.02. The molecule has 19 heavy (non-hydrogen) atoms. The molecule has 1 saturated carbocycles. The van der Waals surface area contributed by atoms with Gasteiger partial charge in [-0.25, -0.2) is 0 Å². The molecule has 0 amide bonds. The summed E-state index contributed by atoms with van der Waals surface area (Å²) in [5.74, 6) is 2.40. The second-order valence-corrected chi connectivity index (χ2v) is 6.38. The fraction of sp³-hybridized carbons (Fsp3) is 0.647. The van der Waals surface area contributed by atoms with E-state index < -0.39 is 0 Å². The van der Waals surface area contributed by atoms with Gasteiger partial charge in [-0.2, -0.15) is 0 Å². The molecular weight excluding hydrogens is 254 g/mol. The van der Waals surface area contributed by atoms with Crippen LogP contribution < -0.4 is 5.32 Å². The van der Waals surface area contributed by atoms with E-state index in [0.29, 0.717) is 5.92 Å². The molecule has 0 spiro atoms. The van der Waals surface area contributed by atoms with Gasteiger partial charge in [-0.3, -0.25) is 0 Å². The van der Waals surface area contributed by atoms with Crippen molar-refractivity contribution in [3.63, 3.8) is 0 Å². The van der Waals surface area contributed by atoms with Crippen molar-refractivity contribution < 1.29 is 0 Å². The van der Waals surface area contributed by atoms with Crippen molar-refractivity contribution >= 4 is 11.6 Å². The molecule has 1 aliphatic rings. The van der Waals surface area contributed by atoms with Gasteiger partial charge in [-0.15, -0.1) is 0 Å². The molecule has 0 radical (unpaired) electrons. The number of hydrogen-bond donors (Lipinski definition) is 1. The molecule has 0 aromatic heterocycles. The van der Waals surface area contributed by atoms with Crippen LogP contribution in [-0.2, 0) is 0 Å². The summed E-state index contributed by atoms with van der Waals surface area (Å²) in [5, 5.41) is 4.21. The van der Waals surface area contributed by atoms with Crippen LogP contribution in [0.1, 0.15) is 50.5 Å². The van der Waals surface area contributed by atoms with E-state index in [1.165, 1.54) is 37.7 Å². The van der Waals surface area contributed by atoms with Crippen molar-refractivity contribution in [3.05, 3.63) is 34.9 Å². The normalized spacial score (nSPS) is 27.4. The lowest BCUT2D eigenvalue weighted by Gasteiger charge is -2.36. The lowest BCUT2D eigenvalue weighted by Crippen LogP contribution is -2.30. The van der Waals surface area contributed by atoms with Crippen LogP contribution in [0.2, 0.25) is 5.02 Å². The summed E-state index contributed by atoms with van der Waals surface area (Å²) in [4.78, 5) is 0. The van der Waals surface area contributed by atoms with E-state index in [4.69, 9.17) is 11.6 Å². The third-order valence-electron chi connectivity index (χ3n) is 4.56. The first-order chi connectivity index (χ1) is 9.24. The minimum atomic E-state index is 0.704. The minimum absolute atomic E-state index is 0.704. The van der Waals surface area contributed by atoms with Crippen molar-refractivity contribution in [3.8, 4) is 0 Å². The first kappa shape index (κ1) is 14.9. The van der Waals surface area contributed by atoms with Crippen LogP contribution in [0.15, 0.2) is 24.3 Å². The van der Waals surface area contributed by atoms with Crippen LogP contribution in [0.5, 0.6) is 0 Å². The Morgan fingerprint density at radius 3 is 2.58 bits per heavy atom. The SMILES string of the molecule is CCCC1CCC(CNC)C(c2ccc(Cl)cc2)C1. The third-order valence-corrected chi connectivity index (χ3v) is 4.82. The summed E-state index contributed by atoms with van der Waals surface area (Å²) in [6.07, 6.45) is 6.82. The fourth-order valence-electron chi connectivity index (χ4n) is 3.62. The number of rotatable bonds is 5. The lowest BCUT2D eigenvalue weighted by atomic mass is 9.70. The van der Waals surface area contributed by atoms with Crippen LogP contribution in [0.3, 0.4) is 0 Å². The summed E-state index contributed by atoms with van der Waals surface area (Å²) in [7, 11) is 2.07. The summed E-state index contributed by atoms with van der Waals surface area (Å²) in [6.45, 7) is 3.43. The fourth-order valence-corrected chi connectivity index (χ4v) is 3.74. The molecule has 0 bridgehead atoms. The topological polar surface area (TPSA) is 12.0 Å². The molecule has 0 heterocycles. The van der Waals surface area contributed by atoms with Crippen LogP contribution in [0, 0.1) is 11.8 Å². The molecule has 1 fully saturated rings.